The largest absolute Gasteiger partial charge is 0.396 e. The molecular weight excluding hydrogens is 214 g/mol. The van der Waals surface area contributed by atoms with Crippen molar-refractivity contribution < 1.29 is 9.90 Å². The van der Waals surface area contributed by atoms with Crippen molar-refractivity contribution in [1.29, 1.82) is 0 Å². The first-order chi connectivity index (χ1) is 7.14. The SMILES string of the molecule is CCC(CC)(CO)CNC(=O)CCCCl. The zero-order valence-corrected chi connectivity index (χ0v) is 10.4. The fourth-order valence-electron chi connectivity index (χ4n) is 1.38. The van der Waals surface area contributed by atoms with Crippen molar-refractivity contribution in [3.8, 4) is 0 Å². The zero-order chi connectivity index (χ0) is 11.7. The minimum atomic E-state index is -0.156. The minimum Gasteiger partial charge on any atom is -0.396 e. The lowest BCUT2D eigenvalue weighted by molar-refractivity contribution is -0.121. The molecule has 0 saturated heterocycles. The molecule has 0 aromatic rings. The van der Waals surface area contributed by atoms with E-state index < -0.39 is 0 Å². The maximum absolute atomic E-state index is 11.3. The fraction of sp³-hybridized carbons (Fsp3) is 0.909. The van der Waals surface area contributed by atoms with Gasteiger partial charge in [0.1, 0.15) is 0 Å². The normalized spacial score (nSPS) is 11.5. The Kier molecular flexibility index (Phi) is 7.79. The number of halogens is 1. The second-order valence-corrected chi connectivity index (χ2v) is 4.31. The molecule has 2 N–H and O–H groups in total. The number of aliphatic hydroxyl groups is 1. The van der Waals surface area contributed by atoms with Crippen molar-refractivity contribution in [2.24, 2.45) is 5.41 Å². The smallest absolute Gasteiger partial charge is 0.220 e. The van der Waals surface area contributed by atoms with Gasteiger partial charge in [-0.15, -0.1) is 11.6 Å². The van der Waals surface area contributed by atoms with Crippen molar-refractivity contribution >= 4 is 17.5 Å². The van der Waals surface area contributed by atoms with Gasteiger partial charge in [0, 0.05) is 24.3 Å². The molecule has 0 aliphatic heterocycles. The number of hydrogen-bond acceptors (Lipinski definition) is 2. The molecule has 0 aliphatic carbocycles. The van der Waals surface area contributed by atoms with Crippen molar-refractivity contribution in [2.75, 3.05) is 19.0 Å². The van der Waals surface area contributed by atoms with Crippen LogP contribution < -0.4 is 5.32 Å². The molecule has 0 aliphatic rings. The van der Waals surface area contributed by atoms with Crippen LogP contribution in [0.15, 0.2) is 0 Å². The van der Waals surface area contributed by atoms with Crippen molar-refractivity contribution in [1.82, 2.24) is 5.32 Å². The molecule has 0 saturated carbocycles. The molecule has 0 atom stereocenters. The molecule has 0 aromatic heterocycles. The predicted octanol–water partition coefficient (Wildman–Crippen LogP) is 1.92. The molecule has 3 nitrogen and oxygen atoms in total. The van der Waals surface area contributed by atoms with Crippen LogP contribution in [0.4, 0.5) is 0 Å². The Bertz CT molecular complexity index is 173. The van der Waals surface area contributed by atoms with Gasteiger partial charge in [-0.2, -0.15) is 0 Å². The molecule has 0 heterocycles. The maximum atomic E-state index is 11.3. The molecule has 4 heteroatoms. The summed E-state index contributed by atoms with van der Waals surface area (Å²) in [5, 5.41) is 12.1. The van der Waals surface area contributed by atoms with E-state index in [4.69, 9.17) is 11.6 Å². The highest BCUT2D eigenvalue weighted by atomic mass is 35.5. The molecule has 0 radical (unpaired) electrons. The summed E-state index contributed by atoms with van der Waals surface area (Å²) in [5.41, 5.74) is -0.156. The van der Waals surface area contributed by atoms with E-state index in [0.717, 1.165) is 12.8 Å². The average Bonchev–Trinajstić information content (AvgIpc) is 2.29. The Balaban J connectivity index is 3.93. The van der Waals surface area contributed by atoms with Crippen molar-refractivity contribution in [3.63, 3.8) is 0 Å². The highest BCUT2D eigenvalue weighted by Crippen LogP contribution is 2.24. The molecular formula is C11H22ClNO2. The van der Waals surface area contributed by atoms with Crippen LogP contribution in [0.5, 0.6) is 0 Å². The van der Waals surface area contributed by atoms with Crippen LogP contribution in [0.2, 0.25) is 0 Å². The maximum Gasteiger partial charge on any atom is 0.220 e. The number of carbonyl (C=O) groups is 1. The van der Waals surface area contributed by atoms with E-state index in [0.29, 0.717) is 25.3 Å². The number of aliphatic hydroxyl groups excluding tert-OH is 1. The van der Waals surface area contributed by atoms with E-state index in [2.05, 4.69) is 5.32 Å². The lowest BCUT2D eigenvalue weighted by atomic mass is 9.83. The molecule has 15 heavy (non-hydrogen) atoms. The molecule has 1 amide bonds. The van der Waals surface area contributed by atoms with E-state index in [9.17, 15) is 9.90 Å². The van der Waals surface area contributed by atoms with Crippen LogP contribution in [0.25, 0.3) is 0 Å². The van der Waals surface area contributed by atoms with Crippen molar-refractivity contribution in [2.45, 2.75) is 39.5 Å². The zero-order valence-electron chi connectivity index (χ0n) is 9.68. The Morgan fingerprint density at radius 1 is 1.40 bits per heavy atom. The van der Waals surface area contributed by atoms with E-state index >= 15 is 0 Å². The lowest BCUT2D eigenvalue weighted by Gasteiger charge is -2.29. The molecule has 0 aromatic carbocycles. The molecule has 0 rings (SSSR count). The molecule has 0 fully saturated rings. The van der Waals surface area contributed by atoms with Crippen LogP contribution in [-0.2, 0) is 4.79 Å². The summed E-state index contributed by atoms with van der Waals surface area (Å²) >= 11 is 5.50. The third-order valence-electron chi connectivity index (χ3n) is 3.03. The van der Waals surface area contributed by atoms with E-state index in [1.54, 1.807) is 0 Å². The average molecular weight is 236 g/mol. The van der Waals surface area contributed by atoms with Gasteiger partial charge in [-0.3, -0.25) is 4.79 Å². The van der Waals surface area contributed by atoms with E-state index in [1.807, 2.05) is 13.8 Å². The summed E-state index contributed by atoms with van der Waals surface area (Å²) in [6, 6.07) is 0. The monoisotopic (exact) mass is 235 g/mol. The third kappa shape index (κ3) is 5.38. The summed E-state index contributed by atoms with van der Waals surface area (Å²) in [5.74, 6) is 0.538. The summed E-state index contributed by atoms with van der Waals surface area (Å²) < 4.78 is 0. The number of nitrogens with one attached hydrogen (secondary N) is 1. The van der Waals surface area contributed by atoms with Gasteiger partial charge in [-0.1, -0.05) is 13.8 Å². The Morgan fingerprint density at radius 2 is 2.00 bits per heavy atom. The lowest BCUT2D eigenvalue weighted by Crippen LogP contribution is -2.39. The third-order valence-corrected chi connectivity index (χ3v) is 3.30. The summed E-state index contributed by atoms with van der Waals surface area (Å²) in [7, 11) is 0. The predicted molar refractivity (Wildman–Crippen MR) is 63.1 cm³/mol. The number of alkyl halides is 1. The summed E-state index contributed by atoms with van der Waals surface area (Å²) in [6.07, 6.45) is 2.92. The van der Waals surface area contributed by atoms with Crippen LogP contribution in [0.1, 0.15) is 39.5 Å². The second kappa shape index (κ2) is 7.94. The first-order valence-electron chi connectivity index (χ1n) is 5.57. The quantitative estimate of drug-likeness (QED) is 0.632. The van der Waals surface area contributed by atoms with Gasteiger partial charge >= 0.3 is 0 Å². The highest BCUT2D eigenvalue weighted by Gasteiger charge is 2.25. The minimum absolute atomic E-state index is 0.0235. The van der Waals surface area contributed by atoms with Gasteiger partial charge in [-0.05, 0) is 19.3 Å². The van der Waals surface area contributed by atoms with Crippen LogP contribution in [0, 0.1) is 5.41 Å². The number of hydrogen-bond donors (Lipinski definition) is 2. The Labute approximate surface area is 97.2 Å². The van der Waals surface area contributed by atoms with Gasteiger partial charge in [0.25, 0.3) is 0 Å². The first-order valence-corrected chi connectivity index (χ1v) is 6.11. The van der Waals surface area contributed by atoms with Gasteiger partial charge < -0.3 is 10.4 Å². The van der Waals surface area contributed by atoms with Crippen LogP contribution in [-0.4, -0.2) is 30.0 Å². The topological polar surface area (TPSA) is 49.3 Å². The molecule has 0 bridgehead atoms. The molecule has 90 valence electrons. The summed E-state index contributed by atoms with van der Waals surface area (Å²) in [4.78, 5) is 11.3. The van der Waals surface area contributed by atoms with Gasteiger partial charge in [0.15, 0.2) is 0 Å². The van der Waals surface area contributed by atoms with E-state index in [-0.39, 0.29) is 17.9 Å². The van der Waals surface area contributed by atoms with Crippen LogP contribution >= 0.6 is 11.6 Å². The summed E-state index contributed by atoms with van der Waals surface area (Å²) in [6.45, 7) is 4.74. The number of amides is 1. The standard InChI is InChI=1S/C11H22ClNO2/c1-3-11(4-2,9-14)8-13-10(15)6-5-7-12/h14H,3-9H2,1-2H3,(H,13,15). The number of carbonyl (C=O) groups excluding carboxylic acids is 1. The fourth-order valence-corrected chi connectivity index (χ4v) is 1.51. The van der Waals surface area contributed by atoms with Crippen LogP contribution in [0.3, 0.4) is 0 Å². The van der Waals surface area contributed by atoms with Crippen molar-refractivity contribution in [3.05, 3.63) is 0 Å². The van der Waals surface area contributed by atoms with Gasteiger partial charge in [-0.25, -0.2) is 0 Å². The van der Waals surface area contributed by atoms with Gasteiger partial charge in [0.05, 0.1) is 6.61 Å². The molecule has 0 spiro atoms. The van der Waals surface area contributed by atoms with E-state index in [1.165, 1.54) is 0 Å². The second-order valence-electron chi connectivity index (χ2n) is 3.93. The number of rotatable bonds is 8. The highest BCUT2D eigenvalue weighted by molar-refractivity contribution is 6.17. The van der Waals surface area contributed by atoms with Gasteiger partial charge in [0.2, 0.25) is 5.91 Å². The Morgan fingerprint density at radius 3 is 2.40 bits per heavy atom. The molecule has 0 unspecified atom stereocenters. The first kappa shape index (κ1) is 14.7. The Hall–Kier alpha value is -0.280.